The molecule has 2 aliphatic rings. The molecule has 0 aliphatic carbocycles. The van der Waals surface area contributed by atoms with Crippen molar-refractivity contribution >= 4 is 23.0 Å². The van der Waals surface area contributed by atoms with Crippen LogP contribution in [0.3, 0.4) is 0 Å². The molecule has 0 aromatic heterocycles. The predicted octanol–water partition coefficient (Wildman–Crippen LogP) is 2.20. The zero-order valence-corrected chi connectivity index (χ0v) is 11.3. The van der Waals surface area contributed by atoms with Crippen molar-refractivity contribution in [2.45, 2.75) is 19.4 Å². The summed E-state index contributed by atoms with van der Waals surface area (Å²) in [7, 11) is 0. The Morgan fingerprint density at radius 3 is 3.06 bits per heavy atom. The van der Waals surface area contributed by atoms with Crippen LogP contribution in [0.4, 0.5) is 5.69 Å². The number of anilines is 1. The van der Waals surface area contributed by atoms with Crippen molar-refractivity contribution in [1.29, 1.82) is 0 Å². The first-order chi connectivity index (χ1) is 8.83. The van der Waals surface area contributed by atoms with E-state index in [4.69, 9.17) is 12.2 Å². The van der Waals surface area contributed by atoms with E-state index in [1.807, 2.05) is 0 Å². The van der Waals surface area contributed by atoms with Crippen LogP contribution in [-0.4, -0.2) is 29.6 Å². The Morgan fingerprint density at radius 1 is 1.33 bits per heavy atom. The molecule has 4 heteroatoms. The molecule has 1 aromatic carbocycles. The van der Waals surface area contributed by atoms with Crippen molar-refractivity contribution in [3.8, 4) is 0 Å². The average molecular weight is 261 g/mol. The summed E-state index contributed by atoms with van der Waals surface area (Å²) >= 11 is 5.47. The number of benzene rings is 1. The van der Waals surface area contributed by atoms with Gasteiger partial charge in [-0.2, -0.15) is 0 Å². The molecule has 2 aliphatic heterocycles. The quantitative estimate of drug-likeness (QED) is 0.798. The van der Waals surface area contributed by atoms with Gasteiger partial charge in [-0.25, -0.2) is 0 Å². The minimum Gasteiger partial charge on any atom is -0.344 e. The number of fused-ring (bicyclic) bond motifs is 1. The number of nitrogens with zero attached hydrogens (tertiary/aromatic N) is 1. The second-order valence-corrected chi connectivity index (χ2v) is 5.57. The Balaban J connectivity index is 1.68. The van der Waals surface area contributed by atoms with Crippen molar-refractivity contribution < 1.29 is 0 Å². The number of hydrogen-bond donors (Lipinski definition) is 2. The van der Waals surface area contributed by atoms with Crippen LogP contribution in [-0.2, 0) is 6.54 Å². The summed E-state index contributed by atoms with van der Waals surface area (Å²) in [5, 5.41) is 7.68. The number of piperidine rings is 1. The maximum Gasteiger partial charge on any atom is 0.173 e. The van der Waals surface area contributed by atoms with Crippen LogP contribution in [0.2, 0.25) is 0 Å². The van der Waals surface area contributed by atoms with Crippen LogP contribution >= 0.6 is 12.2 Å². The van der Waals surface area contributed by atoms with Gasteiger partial charge in [0.15, 0.2) is 5.11 Å². The van der Waals surface area contributed by atoms with Crippen LogP contribution < -0.4 is 10.6 Å². The lowest BCUT2D eigenvalue weighted by Gasteiger charge is -2.35. The van der Waals surface area contributed by atoms with Gasteiger partial charge in [0.25, 0.3) is 0 Å². The molecule has 0 spiro atoms. The number of thiocarbonyl (C=S) groups is 1. The minimum atomic E-state index is 0.726. The molecular formula is C14H19N3S. The normalized spacial score (nSPS) is 23.4. The molecule has 1 saturated heterocycles. The first kappa shape index (κ1) is 11.9. The molecule has 1 fully saturated rings. The number of hydrogen-bond acceptors (Lipinski definition) is 2. The van der Waals surface area contributed by atoms with E-state index in [-0.39, 0.29) is 0 Å². The summed E-state index contributed by atoms with van der Waals surface area (Å²) < 4.78 is 0. The fraction of sp³-hybridized carbons (Fsp3) is 0.500. The van der Waals surface area contributed by atoms with Gasteiger partial charge in [-0.15, -0.1) is 0 Å². The Kier molecular flexibility index (Phi) is 3.48. The molecule has 0 saturated carbocycles. The van der Waals surface area contributed by atoms with E-state index in [0.29, 0.717) is 0 Å². The van der Waals surface area contributed by atoms with E-state index in [0.717, 1.165) is 30.7 Å². The van der Waals surface area contributed by atoms with Gasteiger partial charge >= 0.3 is 0 Å². The van der Waals surface area contributed by atoms with Crippen molar-refractivity contribution in [2.75, 3.05) is 25.0 Å². The number of nitrogens with one attached hydrogen (secondary N) is 2. The third-order valence-electron chi connectivity index (χ3n) is 3.78. The lowest BCUT2D eigenvalue weighted by molar-refractivity contribution is 0.282. The molecule has 3 nitrogen and oxygen atoms in total. The fourth-order valence-electron chi connectivity index (χ4n) is 2.79. The van der Waals surface area contributed by atoms with Crippen LogP contribution in [0.25, 0.3) is 0 Å². The van der Waals surface area contributed by atoms with Gasteiger partial charge in [-0.3, -0.25) is 0 Å². The van der Waals surface area contributed by atoms with Gasteiger partial charge in [-0.05, 0) is 55.7 Å². The first-order valence-corrected chi connectivity index (χ1v) is 7.08. The van der Waals surface area contributed by atoms with E-state index in [2.05, 4.69) is 39.8 Å². The standard InChI is InChI=1S/C14H19N3S/c18-14-16-13-6-2-1-5-12(13)10-17(14)9-11-4-3-7-15-8-11/h1-2,5-6,11,15H,3-4,7-10H2,(H,16,18)/t11-/m0/s1. The van der Waals surface area contributed by atoms with Crippen molar-refractivity contribution in [3.63, 3.8) is 0 Å². The smallest absolute Gasteiger partial charge is 0.173 e. The van der Waals surface area contributed by atoms with Crippen molar-refractivity contribution in [1.82, 2.24) is 10.2 Å². The van der Waals surface area contributed by atoms with Gasteiger partial charge in [0.05, 0.1) is 0 Å². The lowest BCUT2D eigenvalue weighted by atomic mass is 9.98. The zero-order chi connectivity index (χ0) is 12.4. The summed E-state index contributed by atoms with van der Waals surface area (Å²) in [5.41, 5.74) is 2.51. The monoisotopic (exact) mass is 261 g/mol. The summed E-state index contributed by atoms with van der Waals surface area (Å²) in [4.78, 5) is 2.30. The van der Waals surface area contributed by atoms with Crippen molar-refractivity contribution in [2.24, 2.45) is 5.92 Å². The van der Waals surface area contributed by atoms with E-state index in [9.17, 15) is 0 Å². The van der Waals surface area contributed by atoms with Crippen LogP contribution in [0.1, 0.15) is 18.4 Å². The minimum absolute atomic E-state index is 0.726. The Labute approximate surface area is 114 Å². The van der Waals surface area contributed by atoms with Crippen LogP contribution in [0, 0.1) is 5.92 Å². The molecular weight excluding hydrogens is 242 g/mol. The molecule has 3 rings (SSSR count). The average Bonchev–Trinajstić information content (AvgIpc) is 2.41. The summed E-state index contributed by atoms with van der Waals surface area (Å²) in [6.45, 7) is 4.30. The first-order valence-electron chi connectivity index (χ1n) is 6.67. The van der Waals surface area contributed by atoms with E-state index in [1.165, 1.54) is 30.6 Å². The van der Waals surface area contributed by atoms with Crippen molar-refractivity contribution in [3.05, 3.63) is 29.8 Å². The molecule has 0 unspecified atom stereocenters. The largest absolute Gasteiger partial charge is 0.344 e. The highest BCUT2D eigenvalue weighted by Crippen LogP contribution is 2.24. The highest BCUT2D eigenvalue weighted by molar-refractivity contribution is 7.80. The van der Waals surface area contributed by atoms with E-state index >= 15 is 0 Å². The third-order valence-corrected chi connectivity index (χ3v) is 4.15. The Bertz CT molecular complexity index is 440. The topological polar surface area (TPSA) is 27.3 Å². The summed E-state index contributed by atoms with van der Waals surface area (Å²) in [6, 6.07) is 8.42. The Morgan fingerprint density at radius 2 is 2.22 bits per heavy atom. The second kappa shape index (κ2) is 5.24. The Hall–Kier alpha value is -1.13. The van der Waals surface area contributed by atoms with Gasteiger partial charge in [0.1, 0.15) is 0 Å². The lowest BCUT2D eigenvalue weighted by Crippen LogP contribution is -2.44. The maximum atomic E-state index is 5.47. The zero-order valence-electron chi connectivity index (χ0n) is 10.5. The molecule has 0 amide bonds. The van der Waals surface area contributed by atoms with Gasteiger partial charge in [0.2, 0.25) is 0 Å². The van der Waals surface area contributed by atoms with Gasteiger partial charge < -0.3 is 15.5 Å². The SMILES string of the molecule is S=C1Nc2ccccc2CN1C[C@H]1CCCNC1. The summed E-state index contributed by atoms with van der Waals surface area (Å²) in [6.07, 6.45) is 2.60. The van der Waals surface area contributed by atoms with E-state index < -0.39 is 0 Å². The van der Waals surface area contributed by atoms with Gasteiger partial charge in [0, 0.05) is 18.8 Å². The highest BCUT2D eigenvalue weighted by atomic mass is 32.1. The molecule has 0 bridgehead atoms. The number of para-hydroxylation sites is 1. The van der Waals surface area contributed by atoms with E-state index in [1.54, 1.807) is 0 Å². The maximum absolute atomic E-state index is 5.47. The van der Waals surface area contributed by atoms with Crippen LogP contribution in [0.15, 0.2) is 24.3 Å². The predicted molar refractivity (Wildman–Crippen MR) is 78.7 cm³/mol. The molecule has 1 atom stereocenters. The molecule has 2 heterocycles. The van der Waals surface area contributed by atoms with Gasteiger partial charge in [-0.1, -0.05) is 18.2 Å². The molecule has 18 heavy (non-hydrogen) atoms. The molecule has 96 valence electrons. The molecule has 2 N–H and O–H groups in total. The highest BCUT2D eigenvalue weighted by Gasteiger charge is 2.23. The number of rotatable bonds is 2. The third kappa shape index (κ3) is 2.49. The molecule has 1 aromatic rings. The second-order valence-electron chi connectivity index (χ2n) is 5.18. The summed E-state index contributed by atoms with van der Waals surface area (Å²) in [5.74, 6) is 0.726. The molecule has 0 radical (unpaired) electrons. The fourth-order valence-corrected chi connectivity index (χ4v) is 3.04. The van der Waals surface area contributed by atoms with Crippen LogP contribution in [0.5, 0.6) is 0 Å².